The van der Waals surface area contributed by atoms with E-state index in [0.29, 0.717) is 11.3 Å². The van der Waals surface area contributed by atoms with E-state index in [4.69, 9.17) is 11.8 Å². The van der Waals surface area contributed by atoms with Gasteiger partial charge in [-0.25, -0.2) is 4.79 Å². The molecule has 0 atom stereocenters. The maximum Gasteiger partial charge on any atom is 0.339 e. The van der Waals surface area contributed by atoms with Crippen molar-refractivity contribution in [3.05, 3.63) is 24.0 Å². The highest BCUT2D eigenvalue weighted by molar-refractivity contribution is 9.10. The van der Waals surface area contributed by atoms with Gasteiger partial charge in [-0.3, -0.25) is 9.40 Å². The van der Waals surface area contributed by atoms with Gasteiger partial charge in [0.2, 0.25) is 0 Å². The van der Waals surface area contributed by atoms with Gasteiger partial charge >= 0.3 is 5.97 Å². The number of carbonyl (C=O) groups excluding carboxylic acids is 1. The summed E-state index contributed by atoms with van der Waals surface area (Å²) in [6.07, 6.45) is 3.00. The van der Waals surface area contributed by atoms with Crippen LogP contribution in [-0.2, 0) is 4.74 Å². The number of alkyl halides is 1. The van der Waals surface area contributed by atoms with E-state index in [-0.39, 0.29) is 0 Å². The molecule has 1 aromatic heterocycles. The fraction of sp³-hybridized carbons (Fsp3) is 0.400. The molecule has 0 saturated heterocycles. The molecule has 0 aromatic carbocycles. The van der Waals surface area contributed by atoms with Gasteiger partial charge in [0.05, 0.1) is 24.6 Å². The molecule has 16 heavy (non-hydrogen) atoms. The van der Waals surface area contributed by atoms with Crippen molar-refractivity contribution in [2.45, 2.75) is 18.3 Å². The molecule has 0 saturated carbocycles. The Morgan fingerprint density at radius 3 is 2.69 bits per heavy atom. The molecule has 1 rings (SSSR count). The monoisotopic (exact) mass is 306 g/mol. The predicted octanol–water partition coefficient (Wildman–Crippen LogP) is 2.96. The summed E-state index contributed by atoms with van der Waals surface area (Å²) in [6.45, 7) is 3.76. The number of ether oxygens (including phenoxy) is 1. The molecule has 0 aliphatic rings. The Bertz CT molecular complexity index is 393. The quantitative estimate of drug-likeness (QED) is 0.373. The van der Waals surface area contributed by atoms with Crippen LogP contribution < -0.4 is 4.42 Å². The van der Waals surface area contributed by atoms with Gasteiger partial charge in [-0.2, -0.15) is 0 Å². The largest absolute Gasteiger partial charge is 0.465 e. The highest BCUT2D eigenvalue weighted by Crippen LogP contribution is 2.30. The number of hydrogen-bond donors (Lipinski definition) is 0. The first-order chi connectivity index (χ1) is 7.36. The predicted molar refractivity (Wildman–Crippen MR) is 66.9 cm³/mol. The Hall–Kier alpha value is -0.810. The van der Waals surface area contributed by atoms with Crippen LogP contribution in [0.2, 0.25) is 0 Å². The summed E-state index contributed by atoms with van der Waals surface area (Å²) < 4.78 is 5.62. The zero-order valence-corrected chi connectivity index (χ0v) is 11.5. The molecular formula is C10H12BrClN2O2. The summed E-state index contributed by atoms with van der Waals surface area (Å²) >= 11 is 9.51. The summed E-state index contributed by atoms with van der Waals surface area (Å²) in [7, 11) is 1.32. The molecule has 0 amide bonds. The third-order valence-electron chi connectivity index (χ3n) is 1.84. The van der Waals surface area contributed by atoms with Gasteiger partial charge in [0.1, 0.15) is 4.45 Å². The van der Waals surface area contributed by atoms with Gasteiger partial charge in [-0.1, -0.05) is 15.9 Å². The number of pyridine rings is 1. The second-order valence-electron chi connectivity index (χ2n) is 3.61. The fourth-order valence-electron chi connectivity index (χ4n) is 1.07. The Morgan fingerprint density at radius 2 is 2.19 bits per heavy atom. The van der Waals surface area contributed by atoms with Crippen LogP contribution in [-0.4, -0.2) is 22.5 Å². The van der Waals surface area contributed by atoms with Crippen molar-refractivity contribution in [3.8, 4) is 0 Å². The first-order valence-corrected chi connectivity index (χ1v) is 5.67. The standard InChI is InChI=1S/C10H12BrClN2O2/c1-10(2,11)14(12)8-4-7(5-13-6-8)9(15)16-3/h4-6H,1-3H3. The Labute approximate surface area is 108 Å². The molecule has 0 aliphatic carbocycles. The minimum absolute atomic E-state index is 0.363. The molecular weight excluding hydrogens is 295 g/mol. The van der Waals surface area contributed by atoms with Crippen LogP contribution in [0.3, 0.4) is 0 Å². The zero-order valence-electron chi connectivity index (χ0n) is 9.20. The Morgan fingerprint density at radius 1 is 1.56 bits per heavy atom. The van der Waals surface area contributed by atoms with Crippen LogP contribution in [0.15, 0.2) is 18.5 Å². The number of anilines is 1. The molecule has 4 nitrogen and oxygen atoms in total. The first-order valence-electron chi connectivity index (χ1n) is 4.54. The minimum atomic E-state index is -0.440. The Kier molecular flexibility index (Phi) is 4.15. The van der Waals surface area contributed by atoms with E-state index in [9.17, 15) is 4.79 Å². The molecule has 0 fully saturated rings. The van der Waals surface area contributed by atoms with E-state index >= 15 is 0 Å². The highest BCUT2D eigenvalue weighted by atomic mass is 79.9. The molecule has 0 unspecified atom stereocenters. The average molecular weight is 308 g/mol. The van der Waals surface area contributed by atoms with Gasteiger partial charge in [0.25, 0.3) is 0 Å². The van der Waals surface area contributed by atoms with Crippen molar-refractivity contribution in [1.29, 1.82) is 0 Å². The average Bonchev–Trinajstić information content (AvgIpc) is 2.26. The van der Waals surface area contributed by atoms with Crippen molar-refractivity contribution in [3.63, 3.8) is 0 Å². The molecule has 1 heterocycles. The molecule has 0 radical (unpaired) electrons. The van der Waals surface area contributed by atoms with E-state index < -0.39 is 10.4 Å². The van der Waals surface area contributed by atoms with E-state index in [1.54, 1.807) is 12.3 Å². The van der Waals surface area contributed by atoms with Gasteiger partial charge in [0.15, 0.2) is 0 Å². The molecule has 1 aromatic rings. The number of carbonyl (C=O) groups is 1. The SMILES string of the molecule is COC(=O)c1cncc(N(Cl)C(C)(C)Br)c1. The van der Waals surface area contributed by atoms with E-state index in [1.165, 1.54) is 17.7 Å². The maximum absolute atomic E-state index is 11.3. The minimum Gasteiger partial charge on any atom is -0.465 e. The third kappa shape index (κ3) is 3.09. The normalized spacial score (nSPS) is 11.1. The van der Waals surface area contributed by atoms with Gasteiger partial charge < -0.3 is 4.74 Å². The summed E-state index contributed by atoms with van der Waals surface area (Å²) in [5, 5.41) is 0. The van der Waals surface area contributed by atoms with Crippen LogP contribution in [0.4, 0.5) is 5.69 Å². The summed E-state index contributed by atoms with van der Waals surface area (Å²) in [5.74, 6) is -0.438. The topological polar surface area (TPSA) is 42.4 Å². The lowest BCUT2D eigenvalue weighted by Gasteiger charge is -2.28. The van der Waals surface area contributed by atoms with Crippen molar-refractivity contribution in [2.24, 2.45) is 0 Å². The molecule has 0 spiro atoms. The number of halogens is 2. The number of hydrogen-bond acceptors (Lipinski definition) is 4. The smallest absolute Gasteiger partial charge is 0.339 e. The second-order valence-corrected chi connectivity index (χ2v) is 5.89. The molecule has 6 heteroatoms. The van der Waals surface area contributed by atoms with Crippen LogP contribution in [0, 0.1) is 0 Å². The van der Waals surface area contributed by atoms with Crippen LogP contribution in [0.5, 0.6) is 0 Å². The van der Waals surface area contributed by atoms with Crippen LogP contribution >= 0.6 is 27.7 Å². The van der Waals surface area contributed by atoms with E-state index in [1.807, 2.05) is 13.8 Å². The molecule has 0 aliphatic heterocycles. The molecule has 0 N–H and O–H groups in total. The first kappa shape index (κ1) is 13.3. The number of esters is 1. The number of methoxy groups -OCH3 is 1. The van der Waals surface area contributed by atoms with Gasteiger partial charge in [-0.05, 0) is 19.9 Å². The lowest BCUT2D eigenvalue weighted by atomic mass is 10.2. The van der Waals surface area contributed by atoms with Gasteiger partial charge in [0, 0.05) is 18.0 Å². The van der Waals surface area contributed by atoms with E-state index in [2.05, 4.69) is 25.7 Å². The van der Waals surface area contributed by atoms with E-state index in [0.717, 1.165) is 0 Å². The summed E-state index contributed by atoms with van der Waals surface area (Å²) in [4.78, 5) is 15.2. The maximum atomic E-state index is 11.3. The fourth-order valence-corrected chi connectivity index (χ4v) is 1.37. The lowest BCUT2D eigenvalue weighted by molar-refractivity contribution is 0.0600. The van der Waals surface area contributed by atoms with Crippen LogP contribution in [0.25, 0.3) is 0 Å². The highest BCUT2D eigenvalue weighted by Gasteiger charge is 2.23. The third-order valence-corrected chi connectivity index (χ3v) is 3.02. The lowest BCUT2D eigenvalue weighted by Crippen LogP contribution is -2.30. The molecule has 88 valence electrons. The number of nitrogens with zero attached hydrogens (tertiary/aromatic N) is 2. The van der Waals surface area contributed by atoms with Crippen molar-refractivity contribution in [1.82, 2.24) is 4.98 Å². The zero-order chi connectivity index (χ0) is 12.3. The number of aromatic nitrogens is 1. The van der Waals surface area contributed by atoms with Crippen molar-refractivity contribution < 1.29 is 9.53 Å². The summed E-state index contributed by atoms with van der Waals surface area (Å²) in [6, 6.07) is 1.62. The molecule has 0 bridgehead atoms. The second kappa shape index (κ2) is 5.01. The van der Waals surface area contributed by atoms with Gasteiger partial charge in [-0.15, -0.1) is 0 Å². The summed E-state index contributed by atoms with van der Waals surface area (Å²) in [5.41, 5.74) is 0.980. The van der Waals surface area contributed by atoms with Crippen molar-refractivity contribution >= 4 is 39.4 Å². The van der Waals surface area contributed by atoms with Crippen molar-refractivity contribution in [2.75, 3.05) is 11.5 Å². The Balaban J connectivity index is 3.03. The number of rotatable bonds is 3. The van der Waals surface area contributed by atoms with Crippen LogP contribution in [0.1, 0.15) is 24.2 Å².